The molecule has 1 aliphatic heterocycles. The van der Waals surface area contributed by atoms with E-state index in [1.54, 1.807) is 7.11 Å². The molecule has 2 unspecified atom stereocenters. The van der Waals surface area contributed by atoms with Gasteiger partial charge in [0.1, 0.15) is 0 Å². The van der Waals surface area contributed by atoms with Gasteiger partial charge in [0.25, 0.3) is 0 Å². The van der Waals surface area contributed by atoms with Crippen LogP contribution in [0.5, 0.6) is 0 Å². The van der Waals surface area contributed by atoms with E-state index in [0.717, 1.165) is 19.4 Å². The molecule has 4 nitrogen and oxygen atoms in total. The number of hydrogen-bond acceptors (Lipinski definition) is 4. The van der Waals surface area contributed by atoms with Gasteiger partial charge in [0.2, 0.25) is 0 Å². The van der Waals surface area contributed by atoms with Gasteiger partial charge >= 0.3 is 0 Å². The summed E-state index contributed by atoms with van der Waals surface area (Å²) in [6.07, 6.45) is 7.15. The summed E-state index contributed by atoms with van der Waals surface area (Å²) in [5.41, 5.74) is 0.142. The zero-order chi connectivity index (χ0) is 12.1. The van der Waals surface area contributed by atoms with Crippen LogP contribution in [0.3, 0.4) is 0 Å². The summed E-state index contributed by atoms with van der Waals surface area (Å²) >= 11 is 0. The van der Waals surface area contributed by atoms with Crippen LogP contribution in [0.1, 0.15) is 38.5 Å². The minimum absolute atomic E-state index is 0.0570. The van der Waals surface area contributed by atoms with Crippen molar-refractivity contribution in [3.8, 4) is 0 Å². The lowest BCUT2D eigenvalue weighted by Gasteiger charge is -2.39. The van der Waals surface area contributed by atoms with E-state index in [2.05, 4.69) is 5.32 Å². The molecule has 2 atom stereocenters. The maximum Gasteiger partial charge on any atom is 0.0697 e. The predicted octanol–water partition coefficient (Wildman–Crippen LogP) is 1.08. The summed E-state index contributed by atoms with van der Waals surface area (Å²) in [6.45, 7) is 1.56. The Labute approximate surface area is 104 Å². The van der Waals surface area contributed by atoms with Crippen molar-refractivity contribution in [3.05, 3.63) is 0 Å². The molecule has 100 valence electrons. The van der Waals surface area contributed by atoms with Crippen LogP contribution in [0, 0.1) is 0 Å². The molecule has 0 aromatic rings. The van der Waals surface area contributed by atoms with Gasteiger partial charge < -0.3 is 19.9 Å². The minimum Gasteiger partial charge on any atom is -0.395 e. The number of hydrogen-bond donors (Lipinski definition) is 2. The third-order valence-corrected chi connectivity index (χ3v) is 4.07. The van der Waals surface area contributed by atoms with Gasteiger partial charge in [0, 0.05) is 19.8 Å². The number of aliphatic hydroxyl groups excluding tert-OH is 1. The lowest BCUT2D eigenvalue weighted by Crippen LogP contribution is -2.50. The van der Waals surface area contributed by atoms with Crippen molar-refractivity contribution in [2.75, 3.05) is 26.9 Å². The first kappa shape index (κ1) is 13.3. The Balaban J connectivity index is 1.84. The molecule has 1 aliphatic carbocycles. The molecular formula is C13H25NO3. The van der Waals surface area contributed by atoms with Crippen molar-refractivity contribution < 1.29 is 14.6 Å². The Hall–Kier alpha value is -0.160. The molecule has 0 aromatic heterocycles. The quantitative estimate of drug-likeness (QED) is 0.758. The van der Waals surface area contributed by atoms with Gasteiger partial charge in [-0.2, -0.15) is 0 Å². The van der Waals surface area contributed by atoms with E-state index >= 15 is 0 Å². The molecule has 0 amide bonds. The monoisotopic (exact) mass is 243 g/mol. The third-order valence-electron chi connectivity index (χ3n) is 4.07. The van der Waals surface area contributed by atoms with Gasteiger partial charge in [-0.15, -0.1) is 0 Å². The lowest BCUT2D eigenvalue weighted by atomic mass is 9.88. The Morgan fingerprint density at radius 2 is 2.24 bits per heavy atom. The summed E-state index contributed by atoms with van der Waals surface area (Å²) in [5, 5.41) is 12.8. The van der Waals surface area contributed by atoms with Crippen molar-refractivity contribution in [2.24, 2.45) is 0 Å². The van der Waals surface area contributed by atoms with Crippen LogP contribution in [-0.4, -0.2) is 49.7 Å². The Morgan fingerprint density at radius 3 is 2.88 bits per heavy atom. The predicted molar refractivity (Wildman–Crippen MR) is 66.1 cm³/mol. The summed E-state index contributed by atoms with van der Waals surface area (Å²) in [6, 6.07) is 0.524. The molecule has 2 aliphatic rings. The Bertz CT molecular complexity index is 229. The normalized spacial score (nSPS) is 29.6. The van der Waals surface area contributed by atoms with Gasteiger partial charge in [0.15, 0.2) is 0 Å². The zero-order valence-corrected chi connectivity index (χ0v) is 10.8. The van der Waals surface area contributed by atoms with E-state index in [1.165, 1.54) is 25.7 Å². The number of nitrogens with one attached hydrogen (secondary N) is 1. The fraction of sp³-hybridized carbons (Fsp3) is 1.00. The molecule has 2 fully saturated rings. The van der Waals surface area contributed by atoms with Crippen LogP contribution in [0.15, 0.2) is 0 Å². The second-order valence-electron chi connectivity index (χ2n) is 5.43. The van der Waals surface area contributed by atoms with E-state index in [0.29, 0.717) is 12.6 Å². The number of rotatable bonds is 5. The van der Waals surface area contributed by atoms with Crippen molar-refractivity contribution in [3.63, 3.8) is 0 Å². The average Bonchev–Trinajstić information content (AvgIpc) is 2.77. The Morgan fingerprint density at radius 1 is 1.47 bits per heavy atom. The van der Waals surface area contributed by atoms with Crippen molar-refractivity contribution in [2.45, 2.75) is 56.2 Å². The first-order valence-corrected chi connectivity index (χ1v) is 6.78. The van der Waals surface area contributed by atoms with Crippen LogP contribution in [-0.2, 0) is 9.47 Å². The largest absolute Gasteiger partial charge is 0.395 e. The molecule has 1 saturated carbocycles. The van der Waals surface area contributed by atoms with Gasteiger partial charge in [-0.25, -0.2) is 0 Å². The van der Waals surface area contributed by atoms with E-state index in [9.17, 15) is 5.11 Å². The van der Waals surface area contributed by atoms with E-state index in [1.807, 2.05) is 0 Å². The summed E-state index contributed by atoms with van der Waals surface area (Å²) in [7, 11) is 1.67. The van der Waals surface area contributed by atoms with Crippen LogP contribution in [0.2, 0.25) is 0 Å². The van der Waals surface area contributed by atoms with E-state index in [-0.39, 0.29) is 18.2 Å². The molecule has 4 heteroatoms. The fourth-order valence-electron chi connectivity index (χ4n) is 3.23. The maximum atomic E-state index is 9.27. The fourth-order valence-corrected chi connectivity index (χ4v) is 3.23. The highest BCUT2D eigenvalue weighted by atomic mass is 16.5. The van der Waals surface area contributed by atoms with E-state index < -0.39 is 0 Å². The summed E-state index contributed by atoms with van der Waals surface area (Å²) in [4.78, 5) is 0. The number of ether oxygens (including phenoxy) is 2. The number of aliphatic hydroxyl groups is 1. The molecule has 2 N–H and O–H groups in total. The molecule has 0 bridgehead atoms. The van der Waals surface area contributed by atoms with Crippen LogP contribution >= 0.6 is 0 Å². The highest BCUT2D eigenvalue weighted by Gasteiger charge is 2.40. The second-order valence-corrected chi connectivity index (χ2v) is 5.43. The SMILES string of the molecule is COCC(CO)NC1CCOC2(CCCC2)C1. The molecular weight excluding hydrogens is 218 g/mol. The third kappa shape index (κ3) is 3.41. The van der Waals surface area contributed by atoms with Gasteiger partial charge in [-0.1, -0.05) is 12.8 Å². The van der Waals surface area contributed by atoms with E-state index in [4.69, 9.17) is 9.47 Å². The van der Waals surface area contributed by atoms with Gasteiger partial charge in [0.05, 0.1) is 24.9 Å². The van der Waals surface area contributed by atoms with Crippen LogP contribution < -0.4 is 5.32 Å². The molecule has 2 rings (SSSR count). The van der Waals surface area contributed by atoms with Gasteiger partial charge in [-0.3, -0.25) is 0 Å². The highest BCUT2D eigenvalue weighted by Crippen LogP contribution is 2.39. The first-order chi connectivity index (χ1) is 8.28. The standard InChI is InChI=1S/C13H25NO3/c1-16-10-12(9-15)14-11-4-7-17-13(8-11)5-2-3-6-13/h11-12,14-15H,2-10H2,1H3. The van der Waals surface area contributed by atoms with Crippen molar-refractivity contribution in [1.29, 1.82) is 0 Å². The average molecular weight is 243 g/mol. The van der Waals surface area contributed by atoms with Crippen molar-refractivity contribution in [1.82, 2.24) is 5.32 Å². The van der Waals surface area contributed by atoms with Crippen LogP contribution in [0.25, 0.3) is 0 Å². The molecule has 0 radical (unpaired) electrons. The second kappa shape index (κ2) is 6.14. The first-order valence-electron chi connectivity index (χ1n) is 6.78. The van der Waals surface area contributed by atoms with Crippen molar-refractivity contribution >= 4 is 0 Å². The zero-order valence-electron chi connectivity index (χ0n) is 10.8. The molecule has 1 heterocycles. The number of methoxy groups -OCH3 is 1. The maximum absolute atomic E-state index is 9.27. The minimum atomic E-state index is 0.0570. The topological polar surface area (TPSA) is 50.7 Å². The molecule has 1 saturated heterocycles. The van der Waals surface area contributed by atoms with Crippen LogP contribution in [0.4, 0.5) is 0 Å². The highest BCUT2D eigenvalue weighted by molar-refractivity contribution is 4.94. The Kier molecular flexibility index (Phi) is 4.79. The summed E-state index contributed by atoms with van der Waals surface area (Å²) < 4.78 is 11.1. The lowest BCUT2D eigenvalue weighted by molar-refractivity contribution is -0.0861. The van der Waals surface area contributed by atoms with Gasteiger partial charge in [-0.05, 0) is 25.7 Å². The summed E-state index contributed by atoms with van der Waals surface area (Å²) in [5.74, 6) is 0. The smallest absolute Gasteiger partial charge is 0.0697 e. The molecule has 17 heavy (non-hydrogen) atoms. The molecule has 0 aromatic carbocycles. The molecule has 1 spiro atoms.